The number of hydrogen-bond donors (Lipinski definition) is 1. The zero-order valence-electron chi connectivity index (χ0n) is 15.4. The highest BCUT2D eigenvalue weighted by atomic mass is 35.5. The molecule has 0 amide bonds. The lowest BCUT2D eigenvalue weighted by Gasteiger charge is -2.13. The van der Waals surface area contributed by atoms with Crippen LogP contribution in [0, 0.1) is 0 Å². The van der Waals surface area contributed by atoms with Crippen LogP contribution in [-0.2, 0) is 22.9 Å². The number of rotatable bonds is 3. The Hall–Kier alpha value is -2.56. The Morgan fingerprint density at radius 2 is 1.64 bits per heavy atom. The van der Waals surface area contributed by atoms with E-state index in [-0.39, 0.29) is 0 Å². The molecule has 0 unspecified atom stereocenters. The van der Waals surface area contributed by atoms with Gasteiger partial charge in [-0.1, -0.05) is 54.1 Å². The zero-order chi connectivity index (χ0) is 19.7. The predicted molar refractivity (Wildman–Crippen MR) is 117 cm³/mol. The van der Waals surface area contributed by atoms with E-state index in [1.807, 2.05) is 30.3 Å². The maximum absolute atomic E-state index is 11.6. The van der Waals surface area contributed by atoms with E-state index >= 15 is 0 Å². The number of anilines is 1. The highest BCUT2D eigenvalue weighted by molar-refractivity contribution is 7.92. The fraction of sp³-hybridized carbons (Fsp3) is 0.130. The molecule has 3 aromatic carbocycles. The molecule has 3 aromatic rings. The SMILES string of the molecule is CS(=O)(=O)Nc1cccc(/C=C2\c3ccccc3CCc3cc(Cl)ccc32)c1. The summed E-state index contributed by atoms with van der Waals surface area (Å²) in [6, 6.07) is 21.9. The van der Waals surface area contributed by atoms with E-state index in [1.165, 1.54) is 16.7 Å². The molecule has 5 heteroatoms. The van der Waals surface area contributed by atoms with Gasteiger partial charge in [-0.05, 0) is 76.6 Å². The number of benzene rings is 3. The summed E-state index contributed by atoms with van der Waals surface area (Å²) < 4.78 is 25.7. The van der Waals surface area contributed by atoms with Gasteiger partial charge in [-0.25, -0.2) is 8.42 Å². The molecular weight excluding hydrogens is 390 g/mol. The molecule has 142 valence electrons. The average Bonchev–Trinajstić information content (AvgIpc) is 2.78. The molecule has 0 saturated carbocycles. The molecular formula is C23H20ClNO2S. The molecule has 1 aliphatic carbocycles. The first kappa shape index (κ1) is 18.8. The van der Waals surface area contributed by atoms with Crippen LogP contribution in [0.25, 0.3) is 11.6 Å². The van der Waals surface area contributed by atoms with Crippen LogP contribution in [0.2, 0.25) is 5.02 Å². The lowest BCUT2D eigenvalue weighted by Crippen LogP contribution is -2.09. The van der Waals surface area contributed by atoms with Crippen molar-refractivity contribution in [1.29, 1.82) is 0 Å². The second-order valence-corrected chi connectivity index (χ2v) is 9.20. The molecule has 1 N–H and O–H groups in total. The Labute approximate surface area is 170 Å². The monoisotopic (exact) mass is 409 g/mol. The maximum atomic E-state index is 11.6. The number of sulfonamides is 1. The first-order valence-electron chi connectivity index (χ1n) is 9.06. The summed E-state index contributed by atoms with van der Waals surface area (Å²) in [7, 11) is -3.32. The van der Waals surface area contributed by atoms with Gasteiger partial charge in [0.2, 0.25) is 10.0 Å². The molecule has 28 heavy (non-hydrogen) atoms. The van der Waals surface area contributed by atoms with Gasteiger partial charge in [0.25, 0.3) is 0 Å². The Bertz CT molecular complexity index is 1180. The van der Waals surface area contributed by atoms with Gasteiger partial charge < -0.3 is 0 Å². The van der Waals surface area contributed by atoms with Crippen LogP contribution in [0.15, 0.2) is 66.7 Å². The molecule has 0 saturated heterocycles. The van der Waals surface area contributed by atoms with E-state index in [9.17, 15) is 8.42 Å². The fourth-order valence-corrected chi connectivity index (χ4v) is 4.43. The van der Waals surface area contributed by atoms with E-state index < -0.39 is 10.0 Å². The predicted octanol–water partition coefficient (Wildman–Crippen LogP) is 5.40. The minimum absolute atomic E-state index is 0.551. The van der Waals surface area contributed by atoms with Crippen molar-refractivity contribution >= 4 is 39.0 Å². The van der Waals surface area contributed by atoms with E-state index in [2.05, 4.69) is 41.1 Å². The summed E-state index contributed by atoms with van der Waals surface area (Å²) >= 11 is 6.25. The normalized spacial score (nSPS) is 14.9. The lowest BCUT2D eigenvalue weighted by atomic mass is 9.92. The zero-order valence-corrected chi connectivity index (χ0v) is 17.0. The van der Waals surface area contributed by atoms with Crippen LogP contribution in [0.5, 0.6) is 0 Å². The quantitative estimate of drug-likeness (QED) is 0.629. The topological polar surface area (TPSA) is 46.2 Å². The van der Waals surface area contributed by atoms with Crippen molar-refractivity contribution in [1.82, 2.24) is 0 Å². The summed E-state index contributed by atoms with van der Waals surface area (Å²) in [5.41, 5.74) is 7.49. The number of fused-ring (bicyclic) bond motifs is 2. The standard InChI is InChI=1S/C23H20ClNO2S/c1-28(26,27)25-20-7-4-5-16(13-20)14-23-21-8-3-2-6-17(21)9-10-18-15-19(24)11-12-22(18)23/h2-8,11-15,25H,9-10H2,1H3/b23-14+. The van der Waals surface area contributed by atoms with Crippen molar-refractivity contribution in [2.24, 2.45) is 0 Å². The largest absolute Gasteiger partial charge is 0.284 e. The minimum Gasteiger partial charge on any atom is -0.284 e. The number of hydrogen-bond acceptors (Lipinski definition) is 2. The van der Waals surface area contributed by atoms with Gasteiger partial charge in [0.15, 0.2) is 0 Å². The fourth-order valence-electron chi connectivity index (χ4n) is 3.68. The molecule has 0 heterocycles. The third-order valence-corrected chi connectivity index (χ3v) is 5.67. The molecule has 3 nitrogen and oxygen atoms in total. The first-order chi connectivity index (χ1) is 13.4. The highest BCUT2D eigenvalue weighted by Gasteiger charge is 2.18. The van der Waals surface area contributed by atoms with Crippen LogP contribution in [0.4, 0.5) is 5.69 Å². The van der Waals surface area contributed by atoms with Crippen LogP contribution in [0.3, 0.4) is 0 Å². The van der Waals surface area contributed by atoms with Crippen molar-refractivity contribution in [2.45, 2.75) is 12.8 Å². The summed E-state index contributed by atoms with van der Waals surface area (Å²) in [5, 5.41) is 0.739. The Kier molecular flexibility index (Phi) is 5.00. The van der Waals surface area contributed by atoms with Crippen molar-refractivity contribution in [3.05, 3.63) is 99.6 Å². The number of aryl methyl sites for hydroxylation is 2. The molecule has 0 aromatic heterocycles. The highest BCUT2D eigenvalue weighted by Crippen LogP contribution is 2.36. The lowest BCUT2D eigenvalue weighted by molar-refractivity contribution is 0.607. The molecule has 0 atom stereocenters. The van der Waals surface area contributed by atoms with Gasteiger partial charge in [0.05, 0.1) is 6.26 Å². The summed E-state index contributed by atoms with van der Waals surface area (Å²) in [6.45, 7) is 0. The average molecular weight is 410 g/mol. The molecule has 1 aliphatic rings. The molecule has 0 fully saturated rings. The van der Waals surface area contributed by atoms with Gasteiger partial charge in [0, 0.05) is 10.7 Å². The van der Waals surface area contributed by atoms with Crippen LogP contribution < -0.4 is 4.72 Å². The third-order valence-electron chi connectivity index (χ3n) is 4.83. The third kappa shape index (κ3) is 4.13. The van der Waals surface area contributed by atoms with Crippen molar-refractivity contribution in [3.8, 4) is 0 Å². The van der Waals surface area contributed by atoms with E-state index in [4.69, 9.17) is 11.6 Å². The van der Waals surface area contributed by atoms with Crippen molar-refractivity contribution < 1.29 is 8.42 Å². The summed E-state index contributed by atoms with van der Waals surface area (Å²) in [6.07, 6.45) is 5.15. The second kappa shape index (κ2) is 7.46. The van der Waals surface area contributed by atoms with E-state index in [0.717, 1.165) is 40.8 Å². The number of nitrogens with one attached hydrogen (secondary N) is 1. The Balaban J connectivity index is 1.88. The van der Waals surface area contributed by atoms with Gasteiger partial charge >= 0.3 is 0 Å². The van der Waals surface area contributed by atoms with Gasteiger partial charge in [0.1, 0.15) is 0 Å². The Morgan fingerprint density at radius 3 is 2.46 bits per heavy atom. The van der Waals surface area contributed by atoms with Crippen LogP contribution >= 0.6 is 11.6 Å². The molecule has 0 aliphatic heterocycles. The smallest absolute Gasteiger partial charge is 0.229 e. The molecule has 0 spiro atoms. The summed E-state index contributed by atoms with van der Waals surface area (Å²) in [4.78, 5) is 0. The maximum Gasteiger partial charge on any atom is 0.229 e. The van der Waals surface area contributed by atoms with Crippen molar-refractivity contribution in [2.75, 3.05) is 11.0 Å². The minimum atomic E-state index is -3.32. The van der Waals surface area contributed by atoms with Crippen LogP contribution in [0.1, 0.15) is 27.8 Å². The van der Waals surface area contributed by atoms with Gasteiger partial charge in [-0.2, -0.15) is 0 Å². The molecule has 0 bridgehead atoms. The molecule has 0 radical (unpaired) electrons. The molecule has 4 rings (SSSR count). The van der Waals surface area contributed by atoms with E-state index in [1.54, 1.807) is 6.07 Å². The summed E-state index contributed by atoms with van der Waals surface area (Å²) in [5.74, 6) is 0. The second-order valence-electron chi connectivity index (χ2n) is 7.02. The Morgan fingerprint density at radius 1 is 0.893 bits per heavy atom. The van der Waals surface area contributed by atoms with Crippen molar-refractivity contribution in [3.63, 3.8) is 0 Å². The first-order valence-corrected chi connectivity index (χ1v) is 11.3. The van der Waals surface area contributed by atoms with Gasteiger partial charge in [-0.15, -0.1) is 0 Å². The number of halogens is 1. The van der Waals surface area contributed by atoms with Gasteiger partial charge in [-0.3, -0.25) is 4.72 Å². The van der Waals surface area contributed by atoms with E-state index in [0.29, 0.717) is 5.69 Å². The van der Waals surface area contributed by atoms with Crippen LogP contribution in [-0.4, -0.2) is 14.7 Å².